The van der Waals surface area contributed by atoms with Crippen LogP contribution in [0, 0.1) is 19.8 Å². The molecule has 1 aromatic heterocycles. The number of carboxylic acid groups (broad SMARTS) is 1. The van der Waals surface area contributed by atoms with Gasteiger partial charge in [-0.05, 0) is 78.4 Å². The molecule has 6 nitrogen and oxygen atoms in total. The van der Waals surface area contributed by atoms with Gasteiger partial charge in [0.05, 0.1) is 25.3 Å². The van der Waals surface area contributed by atoms with Crippen molar-refractivity contribution < 1.29 is 24.1 Å². The monoisotopic (exact) mass is 473 g/mol. The largest absolute Gasteiger partial charge is 0.490 e. The fraction of sp³-hybridized carbons (Fsp3) is 0.379. The first-order valence-corrected chi connectivity index (χ1v) is 12.2. The molecule has 1 aliphatic heterocycles. The molecule has 0 unspecified atom stereocenters. The summed E-state index contributed by atoms with van der Waals surface area (Å²) in [5, 5.41) is 9.11. The van der Waals surface area contributed by atoms with Crippen molar-refractivity contribution in [2.45, 2.75) is 51.7 Å². The van der Waals surface area contributed by atoms with Gasteiger partial charge in [-0.1, -0.05) is 18.2 Å². The van der Waals surface area contributed by atoms with Gasteiger partial charge in [0.25, 0.3) is 0 Å². The first-order valence-electron chi connectivity index (χ1n) is 12.2. The van der Waals surface area contributed by atoms with E-state index < -0.39 is 5.97 Å². The molecule has 2 aromatic carbocycles. The van der Waals surface area contributed by atoms with Crippen LogP contribution in [-0.2, 0) is 16.1 Å². The predicted molar refractivity (Wildman–Crippen MR) is 133 cm³/mol. The predicted octanol–water partition coefficient (Wildman–Crippen LogP) is 5.69. The smallest absolute Gasteiger partial charge is 0.307 e. The summed E-state index contributed by atoms with van der Waals surface area (Å²) >= 11 is 0. The first kappa shape index (κ1) is 23.4. The molecule has 0 spiro atoms. The number of nitrogens with zero attached hydrogens (tertiary/aromatic N) is 1. The van der Waals surface area contributed by atoms with Crippen molar-refractivity contribution in [3.63, 3.8) is 0 Å². The molecule has 1 saturated heterocycles. The van der Waals surface area contributed by atoms with Gasteiger partial charge in [0, 0.05) is 24.5 Å². The molecule has 2 fully saturated rings. The fourth-order valence-electron chi connectivity index (χ4n) is 4.91. The van der Waals surface area contributed by atoms with Crippen LogP contribution >= 0.6 is 0 Å². The Bertz CT molecular complexity index is 1180. The quantitative estimate of drug-likeness (QED) is 0.453. The minimum atomic E-state index is -0.746. The maximum atomic E-state index is 11.1. The molecule has 182 valence electrons. The summed E-state index contributed by atoms with van der Waals surface area (Å²) in [5.41, 5.74) is 6.63. The number of hydrogen-bond donors (Lipinski definition) is 1. The fourth-order valence-corrected chi connectivity index (χ4v) is 4.91. The van der Waals surface area contributed by atoms with Crippen LogP contribution in [0.1, 0.15) is 47.6 Å². The van der Waals surface area contributed by atoms with E-state index in [2.05, 4.69) is 55.2 Å². The summed E-state index contributed by atoms with van der Waals surface area (Å²) < 4.78 is 17.6. The summed E-state index contributed by atoms with van der Waals surface area (Å²) in [6.07, 6.45) is 4.44. The van der Waals surface area contributed by atoms with Crippen LogP contribution in [0.5, 0.6) is 11.5 Å². The Balaban J connectivity index is 1.24. The van der Waals surface area contributed by atoms with Gasteiger partial charge in [0.15, 0.2) is 0 Å². The van der Waals surface area contributed by atoms with Crippen LogP contribution in [0.2, 0.25) is 0 Å². The molecule has 0 amide bonds. The van der Waals surface area contributed by atoms with Gasteiger partial charge in [-0.3, -0.25) is 9.78 Å². The summed E-state index contributed by atoms with van der Waals surface area (Å²) in [6.45, 7) is 6.22. The molecule has 2 atom stereocenters. The van der Waals surface area contributed by atoms with Crippen molar-refractivity contribution in [3.8, 4) is 22.6 Å². The van der Waals surface area contributed by atoms with Crippen molar-refractivity contribution in [2.24, 2.45) is 5.92 Å². The van der Waals surface area contributed by atoms with Gasteiger partial charge >= 0.3 is 5.97 Å². The normalized spacial score (nSPS) is 19.8. The zero-order valence-electron chi connectivity index (χ0n) is 20.2. The van der Waals surface area contributed by atoms with Crippen LogP contribution in [0.4, 0.5) is 0 Å². The Kier molecular flexibility index (Phi) is 6.73. The van der Waals surface area contributed by atoms with Crippen molar-refractivity contribution in [2.75, 3.05) is 13.2 Å². The van der Waals surface area contributed by atoms with Gasteiger partial charge < -0.3 is 19.3 Å². The maximum absolute atomic E-state index is 11.1. The Morgan fingerprint density at radius 1 is 1.06 bits per heavy atom. The van der Waals surface area contributed by atoms with E-state index in [0.717, 1.165) is 48.6 Å². The lowest BCUT2D eigenvalue weighted by molar-refractivity contribution is -0.138. The minimum Gasteiger partial charge on any atom is -0.490 e. The number of hydrogen-bond acceptors (Lipinski definition) is 5. The average molecular weight is 474 g/mol. The summed E-state index contributed by atoms with van der Waals surface area (Å²) in [4.78, 5) is 15.5. The van der Waals surface area contributed by atoms with Crippen LogP contribution in [0.15, 0.2) is 54.7 Å². The molecule has 5 rings (SSSR count). The Morgan fingerprint density at radius 2 is 1.83 bits per heavy atom. The Hall–Kier alpha value is -3.38. The van der Waals surface area contributed by atoms with Crippen molar-refractivity contribution in [1.82, 2.24) is 4.98 Å². The van der Waals surface area contributed by atoms with E-state index in [1.807, 2.05) is 12.1 Å². The number of ether oxygens (including phenoxy) is 3. The number of aliphatic carboxylic acids is 1. The lowest BCUT2D eigenvalue weighted by Crippen LogP contribution is -2.25. The Labute approximate surface area is 205 Å². The molecule has 6 heteroatoms. The third-order valence-electron chi connectivity index (χ3n) is 6.85. The standard InChI is InChI=1S/C29H31NO5/c1-18-12-24(35-22-8-10-33-11-9-22)13-19(2)28(18)21-5-3-4-20(14-21)17-34-23-6-7-27(30-16-23)25-15-26(25)29(31)32/h3-7,12-14,16,22,25-26H,8-11,15,17H2,1-2H3,(H,31,32)/t25-,26-/m1/s1. The van der Waals surface area contributed by atoms with Crippen LogP contribution < -0.4 is 9.47 Å². The highest BCUT2D eigenvalue weighted by molar-refractivity contribution is 5.75. The van der Waals surface area contributed by atoms with Gasteiger partial charge in [-0.25, -0.2) is 0 Å². The molecule has 0 bridgehead atoms. The number of carboxylic acids is 1. The SMILES string of the molecule is Cc1cc(OC2CCOCC2)cc(C)c1-c1cccc(COc2ccc([C@@H]3C[C@H]3C(=O)O)nc2)c1. The van der Waals surface area contributed by atoms with E-state index in [1.165, 1.54) is 16.7 Å². The molecular weight excluding hydrogens is 442 g/mol. The number of aromatic nitrogens is 1. The summed E-state index contributed by atoms with van der Waals surface area (Å²) in [7, 11) is 0. The van der Waals surface area contributed by atoms with Crippen molar-refractivity contribution in [3.05, 3.63) is 77.1 Å². The minimum absolute atomic E-state index is 0.0261. The van der Waals surface area contributed by atoms with Crippen LogP contribution in [0.25, 0.3) is 11.1 Å². The number of carbonyl (C=O) groups is 1. The highest BCUT2D eigenvalue weighted by Crippen LogP contribution is 2.46. The molecule has 1 N–H and O–H groups in total. The third-order valence-corrected chi connectivity index (χ3v) is 6.85. The highest BCUT2D eigenvalue weighted by Gasteiger charge is 2.45. The van der Waals surface area contributed by atoms with E-state index in [1.54, 1.807) is 6.20 Å². The van der Waals surface area contributed by atoms with Gasteiger partial charge in [-0.15, -0.1) is 0 Å². The first-order chi connectivity index (χ1) is 17.0. The number of pyridine rings is 1. The maximum Gasteiger partial charge on any atom is 0.307 e. The molecule has 1 aliphatic carbocycles. The van der Waals surface area contributed by atoms with Crippen LogP contribution in [-0.4, -0.2) is 35.4 Å². The van der Waals surface area contributed by atoms with E-state index in [4.69, 9.17) is 19.3 Å². The molecule has 2 aliphatic rings. The average Bonchev–Trinajstić information content (AvgIpc) is 3.65. The van der Waals surface area contributed by atoms with E-state index in [9.17, 15) is 4.79 Å². The number of benzene rings is 2. The number of rotatable bonds is 8. The molecule has 2 heterocycles. The Morgan fingerprint density at radius 3 is 2.49 bits per heavy atom. The molecular formula is C29H31NO5. The second-order valence-corrected chi connectivity index (χ2v) is 9.56. The lowest BCUT2D eigenvalue weighted by Gasteiger charge is -2.24. The number of aryl methyl sites for hydroxylation is 2. The zero-order valence-corrected chi connectivity index (χ0v) is 20.2. The van der Waals surface area contributed by atoms with Crippen LogP contribution in [0.3, 0.4) is 0 Å². The topological polar surface area (TPSA) is 77.9 Å². The molecule has 35 heavy (non-hydrogen) atoms. The van der Waals surface area contributed by atoms with Gasteiger partial charge in [0.1, 0.15) is 24.2 Å². The highest BCUT2D eigenvalue weighted by atomic mass is 16.5. The zero-order chi connectivity index (χ0) is 24.4. The van der Waals surface area contributed by atoms with Crippen molar-refractivity contribution in [1.29, 1.82) is 0 Å². The molecule has 0 radical (unpaired) electrons. The van der Waals surface area contributed by atoms with E-state index in [-0.39, 0.29) is 17.9 Å². The van der Waals surface area contributed by atoms with E-state index in [0.29, 0.717) is 18.8 Å². The van der Waals surface area contributed by atoms with E-state index >= 15 is 0 Å². The summed E-state index contributed by atoms with van der Waals surface area (Å²) in [6, 6.07) is 16.4. The van der Waals surface area contributed by atoms with Crippen molar-refractivity contribution >= 4 is 5.97 Å². The van der Waals surface area contributed by atoms with Gasteiger partial charge in [-0.2, -0.15) is 0 Å². The van der Waals surface area contributed by atoms with Gasteiger partial charge in [0.2, 0.25) is 0 Å². The summed E-state index contributed by atoms with van der Waals surface area (Å²) in [5.74, 6) is 0.578. The molecule has 1 saturated carbocycles. The lowest BCUT2D eigenvalue weighted by atomic mass is 9.94. The second-order valence-electron chi connectivity index (χ2n) is 9.56. The molecule has 3 aromatic rings. The second kappa shape index (κ2) is 10.1. The third kappa shape index (κ3) is 5.49.